The van der Waals surface area contributed by atoms with Gasteiger partial charge in [-0.05, 0) is 56.5 Å². The van der Waals surface area contributed by atoms with Crippen molar-refractivity contribution in [1.82, 2.24) is 19.4 Å². The van der Waals surface area contributed by atoms with Gasteiger partial charge in [-0.1, -0.05) is 6.92 Å². The van der Waals surface area contributed by atoms with E-state index in [1.165, 1.54) is 28.6 Å². The first kappa shape index (κ1) is 22.7. The predicted molar refractivity (Wildman–Crippen MR) is 117 cm³/mol. The molecular weight excluding hydrogens is 434 g/mol. The summed E-state index contributed by atoms with van der Waals surface area (Å²) in [5.74, 6) is -0.795. The molecule has 0 spiro atoms. The van der Waals surface area contributed by atoms with Crippen molar-refractivity contribution in [3.05, 3.63) is 24.3 Å². The maximum atomic E-state index is 12.9. The number of rotatable bonds is 7. The third-order valence-electron chi connectivity index (χ3n) is 6.55. The first-order valence-corrected chi connectivity index (χ1v) is 12.4. The Morgan fingerprint density at radius 1 is 1.12 bits per heavy atom. The largest absolute Gasteiger partial charge is 0.325 e. The third kappa shape index (κ3) is 4.24. The lowest BCUT2D eigenvalue weighted by atomic mass is 9.96. The molecule has 3 aliphatic rings. The van der Waals surface area contributed by atoms with Crippen LogP contribution in [-0.4, -0.2) is 85.2 Å². The summed E-state index contributed by atoms with van der Waals surface area (Å²) in [7, 11) is -3.60. The summed E-state index contributed by atoms with van der Waals surface area (Å²) in [5.41, 5.74) is -0.544. The van der Waals surface area contributed by atoms with Crippen LogP contribution < -0.4 is 10.6 Å². The standard InChI is InChI=1S/C21H29N5O5S/c1-3-24-10-12-25(13-11-24)32(30,31)17-8-6-16(7-9-17)22-18(27)14-26-19(28)21(2,15-4-5-15)23-20(26)29/h6-9,15H,3-5,10-14H2,1-2H3,(H,22,27)(H,23,29). The van der Waals surface area contributed by atoms with Gasteiger partial charge < -0.3 is 15.5 Å². The van der Waals surface area contributed by atoms with Crippen LogP contribution in [0.3, 0.4) is 0 Å². The molecule has 1 aliphatic carbocycles. The van der Waals surface area contributed by atoms with Gasteiger partial charge in [0.15, 0.2) is 0 Å². The van der Waals surface area contributed by atoms with Gasteiger partial charge in [-0.3, -0.25) is 14.5 Å². The molecule has 0 bridgehead atoms. The van der Waals surface area contributed by atoms with Crippen molar-refractivity contribution in [3.63, 3.8) is 0 Å². The highest BCUT2D eigenvalue weighted by atomic mass is 32.2. The number of carbonyl (C=O) groups excluding carboxylic acids is 3. The lowest BCUT2D eigenvalue weighted by molar-refractivity contribution is -0.134. The summed E-state index contributed by atoms with van der Waals surface area (Å²) in [4.78, 5) is 40.6. The van der Waals surface area contributed by atoms with Crippen molar-refractivity contribution in [3.8, 4) is 0 Å². The van der Waals surface area contributed by atoms with Crippen molar-refractivity contribution in [1.29, 1.82) is 0 Å². The number of nitrogens with zero attached hydrogens (tertiary/aromatic N) is 3. The summed E-state index contributed by atoms with van der Waals surface area (Å²) in [6, 6.07) is 5.36. The SMILES string of the molecule is CCN1CCN(S(=O)(=O)c2ccc(NC(=O)CN3C(=O)NC(C)(C4CC4)C3=O)cc2)CC1. The third-order valence-corrected chi connectivity index (χ3v) is 8.46. The molecule has 2 aliphatic heterocycles. The lowest BCUT2D eigenvalue weighted by Gasteiger charge is -2.33. The highest BCUT2D eigenvalue weighted by molar-refractivity contribution is 7.89. The van der Waals surface area contributed by atoms with Crippen molar-refractivity contribution in [2.75, 3.05) is 44.6 Å². The van der Waals surface area contributed by atoms with Crippen molar-refractivity contribution in [2.45, 2.75) is 37.1 Å². The summed E-state index contributed by atoms with van der Waals surface area (Å²) in [6.07, 6.45) is 1.76. The summed E-state index contributed by atoms with van der Waals surface area (Å²) in [6.45, 7) is 6.54. The zero-order chi connectivity index (χ0) is 23.1. The van der Waals surface area contributed by atoms with Crippen LogP contribution in [0.5, 0.6) is 0 Å². The smallest absolute Gasteiger partial charge is 0.325 e. The molecule has 0 aromatic heterocycles. The number of amides is 4. The van der Waals surface area contributed by atoms with Crippen LogP contribution in [0.15, 0.2) is 29.2 Å². The first-order valence-electron chi connectivity index (χ1n) is 10.9. The number of piperazine rings is 1. The van der Waals surface area contributed by atoms with E-state index in [1.54, 1.807) is 6.92 Å². The highest BCUT2D eigenvalue weighted by Crippen LogP contribution is 2.42. The van der Waals surface area contributed by atoms with Crippen LogP contribution >= 0.6 is 0 Å². The number of nitrogens with one attached hydrogen (secondary N) is 2. The molecule has 1 saturated carbocycles. The Balaban J connectivity index is 1.36. The number of urea groups is 1. The molecule has 3 fully saturated rings. The summed E-state index contributed by atoms with van der Waals surface area (Å²) in [5, 5.41) is 5.33. The Hall–Kier alpha value is -2.50. The highest BCUT2D eigenvalue weighted by Gasteiger charge is 2.56. The quantitative estimate of drug-likeness (QED) is 0.574. The van der Waals surface area contributed by atoms with Gasteiger partial charge in [0.1, 0.15) is 12.1 Å². The topological polar surface area (TPSA) is 119 Å². The fourth-order valence-electron chi connectivity index (χ4n) is 4.29. The number of benzene rings is 1. The van der Waals surface area contributed by atoms with E-state index in [2.05, 4.69) is 22.5 Å². The summed E-state index contributed by atoms with van der Waals surface area (Å²) < 4.78 is 27.2. The molecule has 2 saturated heterocycles. The Bertz CT molecular complexity index is 1020. The number of hydrogen-bond acceptors (Lipinski definition) is 6. The number of carbonyl (C=O) groups is 3. The normalized spacial score (nSPS) is 25.1. The van der Waals surface area contributed by atoms with Crippen molar-refractivity contribution in [2.24, 2.45) is 5.92 Å². The number of imide groups is 1. The van der Waals surface area contributed by atoms with Gasteiger partial charge in [-0.25, -0.2) is 13.2 Å². The van der Waals surface area contributed by atoms with Crippen LogP contribution in [0.25, 0.3) is 0 Å². The zero-order valence-electron chi connectivity index (χ0n) is 18.3. The van der Waals surface area contributed by atoms with E-state index < -0.39 is 34.0 Å². The molecule has 174 valence electrons. The number of sulfonamides is 1. The molecule has 0 radical (unpaired) electrons. The Labute approximate surface area is 188 Å². The van der Waals surface area contributed by atoms with Gasteiger partial charge >= 0.3 is 6.03 Å². The molecule has 1 aromatic carbocycles. The average Bonchev–Trinajstić information content (AvgIpc) is 3.60. The van der Waals surface area contributed by atoms with Gasteiger partial charge in [0, 0.05) is 31.9 Å². The molecule has 32 heavy (non-hydrogen) atoms. The van der Waals surface area contributed by atoms with E-state index in [4.69, 9.17) is 0 Å². The van der Waals surface area contributed by atoms with Gasteiger partial charge in [0.25, 0.3) is 5.91 Å². The van der Waals surface area contributed by atoms with E-state index in [0.717, 1.165) is 24.3 Å². The fraction of sp³-hybridized carbons (Fsp3) is 0.571. The Morgan fingerprint density at radius 2 is 1.75 bits per heavy atom. The molecule has 1 aromatic rings. The van der Waals surface area contributed by atoms with E-state index in [9.17, 15) is 22.8 Å². The number of likely N-dealkylation sites (N-methyl/N-ethyl adjacent to an activating group) is 1. The maximum Gasteiger partial charge on any atom is 0.325 e. The second kappa shape index (κ2) is 8.45. The average molecular weight is 464 g/mol. The molecule has 2 N–H and O–H groups in total. The Kier molecular flexibility index (Phi) is 5.99. The second-order valence-electron chi connectivity index (χ2n) is 8.71. The number of anilines is 1. The minimum atomic E-state index is -3.60. The molecule has 4 rings (SSSR count). The molecule has 4 amide bonds. The summed E-state index contributed by atoms with van der Waals surface area (Å²) >= 11 is 0. The lowest BCUT2D eigenvalue weighted by Crippen LogP contribution is -2.48. The molecule has 11 heteroatoms. The van der Waals surface area contributed by atoms with E-state index in [0.29, 0.717) is 31.9 Å². The molecule has 1 atom stereocenters. The fourth-order valence-corrected chi connectivity index (χ4v) is 5.71. The van der Waals surface area contributed by atoms with Gasteiger partial charge in [0.05, 0.1) is 4.90 Å². The zero-order valence-corrected chi connectivity index (χ0v) is 19.2. The van der Waals surface area contributed by atoms with E-state index >= 15 is 0 Å². The molecule has 1 unspecified atom stereocenters. The molecule has 2 heterocycles. The predicted octanol–water partition coefficient (Wildman–Crippen LogP) is 0.672. The number of hydrogen-bond donors (Lipinski definition) is 2. The monoisotopic (exact) mass is 463 g/mol. The first-order chi connectivity index (χ1) is 15.1. The molecular formula is C21H29N5O5S. The minimum Gasteiger partial charge on any atom is -0.325 e. The van der Waals surface area contributed by atoms with Crippen LogP contribution in [0.4, 0.5) is 10.5 Å². The minimum absolute atomic E-state index is 0.117. The van der Waals surface area contributed by atoms with Gasteiger partial charge in [-0.2, -0.15) is 4.31 Å². The van der Waals surface area contributed by atoms with Gasteiger partial charge in [-0.15, -0.1) is 0 Å². The van der Waals surface area contributed by atoms with Gasteiger partial charge in [0.2, 0.25) is 15.9 Å². The van der Waals surface area contributed by atoms with Crippen molar-refractivity contribution < 1.29 is 22.8 Å². The second-order valence-corrected chi connectivity index (χ2v) is 10.6. The van der Waals surface area contributed by atoms with E-state index in [1.807, 2.05) is 0 Å². The van der Waals surface area contributed by atoms with Crippen LogP contribution in [0.2, 0.25) is 0 Å². The Morgan fingerprint density at radius 3 is 2.31 bits per heavy atom. The van der Waals surface area contributed by atoms with Crippen LogP contribution in [-0.2, 0) is 19.6 Å². The maximum absolute atomic E-state index is 12.9. The van der Waals surface area contributed by atoms with Crippen molar-refractivity contribution >= 4 is 33.6 Å². The van der Waals surface area contributed by atoms with Crippen LogP contribution in [0, 0.1) is 5.92 Å². The van der Waals surface area contributed by atoms with E-state index in [-0.39, 0.29) is 16.7 Å². The molecule has 10 nitrogen and oxygen atoms in total. The van der Waals surface area contributed by atoms with Crippen LogP contribution in [0.1, 0.15) is 26.7 Å².